The molecule has 0 spiro atoms. The maximum atomic E-state index is 5.08. The van der Waals surface area contributed by atoms with Crippen molar-refractivity contribution in [2.24, 2.45) is 4.99 Å². The lowest BCUT2D eigenvalue weighted by Crippen LogP contribution is -2.44. The van der Waals surface area contributed by atoms with Gasteiger partial charge in [-0.2, -0.15) is 0 Å². The number of hydrogen-bond donors (Lipinski definition) is 2. The van der Waals surface area contributed by atoms with Crippen LogP contribution in [-0.4, -0.2) is 75.9 Å². The number of guanidine groups is 1. The van der Waals surface area contributed by atoms with Gasteiger partial charge in [0.2, 0.25) is 0 Å². The highest BCUT2D eigenvalue weighted by molar-refractivity contribution is 14.0. The number of methoxy groups -OCH3 is 1. The maximum Gasteiger partial charge on any atom is 0.191 e. The molecular formula is C18H33IN6O. The molecule has 2 rings (SSSR count). The van der Waals surface area contributed by atoms with Crippen LogP contribution in [0.4, 0.5) is 5.82 Å². The van der Waals surface area contributed by atoms with E-state index in [1.54, 1.807) is 7.11 Å². The van der Waals surface area contributed by atoms with Gasteiger partial charge in [-0.3, -0.25) is 0 Å². The zero-order chi connectivity index (χ0) is 17.9. The van der Waals surface area contributed by atoms with Crippen molar-refractivity contribution < 1.29 is 4.74 Å². The molecule has 0 radical (unpaired) electrons. The molecule has 0 saturated carbocycles. The molecule has 0 atom stereocenters. The third-order valence-corrected chi connectivity index (χ3v) is 4.22. The van der Waals surface area contributed by atoms with E-state index in [4.69, 9.17) is 4.74 Å². The summed E-state index contributed by atoms with van der Waals surface area (Å²) < 4.78 is 5.08. The van der Waals surface area contributed by atoms with E-state index in [0.29, 0.717) is 6.54 Å². The van der Waals surface area contributed by atoms with E-state index in [0.717, 1.165) is 64.1 Å². The molecule has 0 aromatic carbocycles. The highest BCUT2D eigenvalue weighted by Gasteiger charge is 2.15. The van der Waals surface area contributed by atoms with Gasteiger partial charge in [0, 0.05) is 59.2 Å². The van der Waals surface area contributed by atoms with Crippen LogP contribution in [0.1, 0.15) is 18.9 Å². The normalized spacial score (nSPS) is 15.5. The summed E-state index contributed by atoms with van der Waals surface area (Å²) in [5, 5.41) is 6.62. The fraction of sp³-hybridized carbons (Fsp3) is 0.667. The minimum Gasteiger partial charge on any atom is -0.385 e. The molecule has 7 nitrogen and oxygen atoms in total. The topological polar surface area (TPSA) is 65.0 Å². The summed E-state index contributed by atoms with van der Waals surface area (Å²) in [5.41, 5.74) is 1.18. The Kier molecular flexibility index (Phi) is 11.5. The minimum atomic E-state index is 0. The van der Waals surface area contributed by atoms with Gasteiger partial charge in [0.15, 0.2) is 5.96 Å². The van der Waals surface area contributed by atoms with Crippen molar-refractivity contribution in [1.82, 2.24) is 20.5 Å². The molecule has 2 heterocycles. The van der Waals surface area contributed by atoms with Crippen LogP contribution >= 0.6 is 24.0 Å². The highest BCUT2D eigenvalue weighted by atomic mass is 127. The molecular weight excluding hydrogens is 443 g/mol. The van der Waals surface area contributed by atoms with E-state index in [1.807, 2.05) is 12.3 Å². The molecule has 26 heavy (non-hydrogen) atoms. The second kappa shape index (κ2) is 13.1. The van der Waals surface area contributed by atoms with E-state index in [9.17, 15) is 0 Å². The van der Waals surface area contributed by atoms with Gasteiger partial charge in [-0.05, 0) is 38.1 Å². The van der Waals surface area contributed by atoms with Crippen molar-refractivity contribution in [1.29, 1.82) is 0 Å². The first-order valence-electron chi connectivity index (χ1n) is 9.12. The van der Waals surface area contributed by atoms with E-state index < -0.39 is 0 Å². The van der Waals surface area contributed by atoms with Gasteiger partial charge in [-0.25, -0.2) is 9.98 Å². The van der Waals surface area contributed by atoms with Gasteiger partial charge in [0.25, 0.3) is 0 Å². The SMILES string of the molecule is CCNC(=NCc1ccnc(N2CCN(C)CC2)c1)NCCCOC.I. The largest absolute Gasteiger partial charge is 0.385 e. The molecule has 1 fully saturated rings. The zero-order valence-corrected chi connectivity index (χ0v) is 18.5. The summed E-state index contributed by atoms with van der Waals surface area (Å²) in [6.45, 7) is 9.39. The molecule has 8 heteroatoms. The van der Waals surface area contributed by atoms with Crippen LogP contribution in [-0.2, 0) is 11.3 Å². The van der Waals surface area contributed by atoms with Gasteiger partial charge in [-0.15, -0.1) is 24.0 Å². The summed E-state index contributed by atoms with van der Waals surface area (Å²) in [7, 11) is 3.89. The van der Waals surface area contributed by atoms with Crippen molar-refractivity contribution >= 4 is 35.8 Å². The number of halogens is 1. The highest BCUT2D eigenvalue weighted by Crippen LogP contribution is 2.15. The predicted molar refractivity (Wildman–Crippen MR) is 119 cm³/mol. The Morgan fingerprint density at radius 1 is 1.27 bits per heavy atom. The second-order valence-electron chi connectivity index (χ2n) is 6.28. The Morgan fingerprint density at radius 2 is 2.04 bits per heavy atom. The smallest absolute Gasteiger partial charge is 0.191 e. The lowest BCUT2D eigenvalue weighted by atomic mass is 10.2. The standard InChI is InChI=1S/C18H32N6O.HI/c1-4-19-18(21-7-5-13-25-3)22-15-16-6-8-20-17(14-16)24-11-9-23(2)10-12-24;/h6,8,14H,4-5,7,9-13,15H2,1-3H3,(H2,19,21,22);1H. The summed E-state index contributed by atoms with van der Waals surface area (Å²) in [6.07, 6.45) is 2.85. The number of hydrogen-bond acceptors (Lipinski definition) is 5. The van der Waals surface area contributed by atoms with E-state index in [2.05, 4.69) is 50.4 Å². The van der Waals surface area contributed by atoms with Crippen molar-refractivity contribution in [3.8, 4) is 0 Å². The van der Waals surface area contributed by atoms with Gasteiger partial charge < -0.3 is 25.2 Å². The van der Waals surface area contributed by atoms with Gasteiger partial charge in [0.05, 0.1) is 6.54 Å². The number of aliphatic imine (C=N–C) groups is 1. The number of nitrogens with one attached hydrogen (secondary N) is 2. The third-order valence-electron chi connectivity index (χ3n) is 4.22. The van der Waals surface area contributed by atoms with Crippen LogP contribution in [0.2, 0.25) is 0 Å². The molecule has 1 aromatic heterocycles. The number of likely N-dealkylation sites (N-methyl/N-ethyl adjacent to an activating group) is 1. The zero-order valence-electron chi connectivity index (χ0n) is 16.2. The number of nitrogens with zero attached hydrogens (tertiary/aromatic N) is 4. The number of anilines is 1. The molecule has 1 aromatic rings. The quantitative estimate of drug-likeness (QED) is 0.257. The lowest BCUT2D eigenvalue weighted by Gasteiger charge is -2.33. The Morgan fingerprint density at radius 3 is 2.73 bits per heavy atom. The molecule has 1 aliphatic heterocycles. The number of rotatable bonds is 8. The number of aromatic nitrogens is 1. The van der Waals surface area contributed by atoms with Gasteiger partial charge in [-0.1, -0.05) is 0 Å². The monoisotopic (exact) mass is 476 g/mol. The summed E-state index contributed by atoms with van der Waals surface area (Å²) in [6, 6.07) is 4.20. The Hall–Kier alpha value is -1.13. The number of pyridine rings is 1. The molecule has 0 unspecified atom stereocenters. The van der Waals surface area contributed by atoms with Crippen molar-refractivity contribution in [3.05, 3.63) is 23.9 Å². The average molecular weight is 476 g/mol. The average Bonchev–Trinajstić information content (AvgIpc) is 2.64. The molecule has 1 saturated heterocycles. The number of ether oxygens (including phenoxy) is 1. The Balaban J connectivity index is 0.00000338. The Labute approximate surface area is 174 Å². The molecule has 0 bridgehead atoms. The molecule has 2 N–H and O–H groups in total. The summed E-state index contributed by atoms with van der Waals surface area (Å²) in [4.78, 5) is 13.9. The number of piperazine rings is 1. The fourth-order valence-electron chi connectivity index (χ4n) is 2.70. The fourth-order valence-corrected chi connectivity index (χ4v) is 2.70. The van der Waals surface area contributed by atoms with E-state index >= 15 is 0 Å². The van der Waals surface area contributed by atoms with E-state index in [1.165, 1.54) is 5.56 Å². The van der Waals surface area contributed by atoms with Gasteiger partial charge in [0.1, 0.15) is 5.82 Å². The predicted octanol–water partition coefficient (Wildman–Crippen LogP) is 1.54. The first-order chi connectivity index (χ1) is 12.2. The van der Waals surface area contributed by atoms with Crippen molar-refractivity contribution in [2.75, 3.05) is 64.9 Å². The first kappa shape index (κ1) is 22.9. The van der Waals surface area contributed by atoms with Crippen LogP contribution in [0.5, 0.6) is 0 Å². The maximum absolute atomic E-state index is 5.08. The minimum absolute atomic E-state index is 0. The second-order valence-corrected chi connectivity index (χ2v) is 6.28. The Bertz CT molecular complexity index is 534. The molecule has 1 aliphatic rings. The lowest BCUT2D eigenvalue weighted by molar-refractivity contribution is 0.195. The van der Waals surface area contributed by atoms with Crippen LogP contribution < -0.4 is 15.5 Å². The molecule has 0 aliphatic carbocycles. The van der Waals surface area contributed by atoms with Crippen LogP contribution in [0.25, 0.3) is 0 Å². The first-order valence-corrected chi connectivity index (χ1v) is 9.12. The van der Waals surface area contributed by atoms with Crippen LogP contribution in [0, 0.1) is 0 Å². The third kappa shape index (κ3) is 8.05. The molecule has 148 valence electrons. The molecule has 0 amide bonds. The summed E-state index contributed by atoms with van der Waals surface area (Å²) >= 11 is 0. The van der Waals surface area contributed by atoms with Crippen LogP contribution in [0.15, 0.2) is 23.3 Å². The van der Waals surface area contributed by atoms with Gasteiger partial charge >= 0.3 is 0 Å². The van der Waals surface area contributed by atoms with Crippen molar-refractivity contribution in [2.45, 2.75) is 19.9 Å². The van der Waals surface area contributed by atoms with Crippen molar-refractivity contribution in [3.63, 3.8) is 0 Å². The summed E-state index contributed by atoms with van der Waals surface area (Å²) in [5.74, 6) is 1.90. The van der Waals surface area contributed by atoms with Crippen LogP contribution in [0.3, 0.4) is 0 Å². The van der Waals surface area contributed by atoms with E-state index in [-0.39, 0.29) is 24.0 Å².